The predicted octanol–water partition coefficient (Wildman–Crippen LogP) is 5.76. The standard InChI is InChI=1S/C25H32N4S/c30-25(18-6-8-23(9-7-18)29-12-2-1-3-13-29)28-24-15-22-14-19(21-10-11-26-16-21)4-5-20(22)17-27-24/h4-5,11,14-18,23,25,30H,1-3,6-10,12-13H2,(H,27,28). The van der Waals surface area contributed by atoms with Gasteiger partial charge in [0.05, 0.1) is 5.37 Å². The normalized spacial score (nSPS) is 26.0. The molecule has 2 aromatic rings. The second-order valence-corrected chi connectivity index (χ2v) is 9.63. The summed E-state index contributed by atoms with van der Waals surface area (Å²) in [6, 6.07) is 9.53. The van der Waals surface area contributed by atoms with Gasteiger partial charge in [-0.2, -0.15) is 12.6 Å². The minimum Gasteiger partial charge on any atom is -0.358 e. The first kappa shape index (κ1) is 20.1. The van der Waals surface area contributed by atoms with Gasteiger partial charge >= 0.3 is 0 Å². The number of piperidine rings is 1. The zero-order valence-electron chi connectivity index (χ0n) is 17.6. The van der Waals surface area contributed by atoms with Crippen molar-refractivity contribution in [3.8, 4) is 0 Å². The first-order chi connectivity index (χ1) is 14.8. The molecule has 1 aliphatic carbocycles. The van der Waals surface area contributed by atoms with Crippen LogP contribution in [0.2, 0.25) is 0 Å². The van der Waals surface area contributed by atoms with E-state index in [1.54, 1.807) is 0 Å². The summed E-state index contributed by atoms with van der Waals surface area (Å²) < 4.78 is 0. The first-order valence-corrected chi connectivity index (χ1v) is 12.1. The number of rotatable bonds is 5. The van der Waals surface area contributed by atoms with Crippen LogP contribution in [0.4, 0.5) is 5.82 Å². The molecule has 3 aliphatic rings. The van der Waals surface area contributed by atoms with E-state index in [1.165, 1.54) is 79.9 Å². The van der Waals surface area contributed by atoms with Crippen LogP contribution in [-0.2, 0) is 0 Å². The van der Waals surface area contributed by atoms with Crippen molar-refractivity contribution in [1.82, 2.24) is 9.88 Å². The molecule has 5 heteroatoms. The lowest BCUT2D eigenvalue weighted by Crippen LogP contribution is -2.42. The van der Waals surface area contributed by atoms with E-state index in [2.05, 4.69) is 44.5 Å². The molecule has 0 amide bonds. The van der Waals surface area contributed by atoms with Gasteiger partial charge in [-0.05, 0) is 86.2 Å². The largest absolute Gasteiger partial charge is 0.358 e. The van der Waals surface area contributed by atoms with Gasteiger partial charge in [0.25, 0.3) is 0 Å². The number of nitrogens with zero attached hydrogens (tertiary/aromatic N) is 3. The number of allylic oxidation sites excluding steroid dienone is 1. The van der Waals surface area contributed by atoms with Gasteiger partial charge in [0, 0.05) is 36.5 Å². The van der Waals surface area contributed by atoms with E-state index >= 15 is 0 Å². The highest BCUT2D eigenvalue weighted by Gasteiger charge is 2.29. The zero-order chi connectivity index (χ0) is 20.3. The quantitative estimate of drug-likeness (QED) is 0.477. The number of hydrogen-bond acceptors (Lipinski definition) is 5. The molecule has 3 heterocycles. The predicted molar refractivity (Wildman–Crippen MR) is 130 cm³/mol. The van der Waals surface area contributed by atoms with Crippen LogP contribution < -0.4 is 5.32 Å². The van der Waals surface area contributed by atoms with E-state index < -0.39 is 0 Å². The van der Waals surface area contributed by atoms with E-state index in [9.17, 15) is 0 Å². The molecule has 1 atom stereocenters. The molecule has 1 unspecified atom stereocenters. The monoisotopic (exact) mass is 420 g/mol. The maximum Gasteiger partial charge on any atom is 0.127 e. The van der Waals surface area contributed by atoms with Crippen LogP contribution in [0.1, 0.15) is 56.9 Å². The average Bonchev–Trinajstić information content (AvgIpc) is 3.34. The fraction of sp³-hybridized carbons (Fsp3) is 0.520. The lowest BCUT2D eigenvalue weighted by Gasteiger charge is -2.40. The second kappa shape index (κ2) is 9.11. The van der Waals surface area contributed by atoms with Gasteiger partial charge in [0.15, 0.2) is 0 Å². The van der Waals surface area contributed by atoms with E-state index in [0.717, 1.165) is 18.3 Å². The number of pyridine rings is 1. The van der Waals surface area contributed by atoms with Gasteiger partial charge in [0.1, 0.15) is 5.82 Å². The van der Waals surface area contributed by atoms with Gasteiger partial charge < -0.3 is 10.2 Å². The Kier molecular flexibility index (Phi) is 6.09. The molecular formula is C25H32N4S. The van der Waals surface area contributed by atoms with Crippen molar-refractivity contribution >= 4 is 41.0 Å². The molecule has 0 bridgehead atoms. The Hall–Kier alpha value is -1.85. The number of benzene rings is 1. The van der Waals surface area contributed by atoms with Crippen molar-refractivity contribution in [2.75, 3.05) is 18.4 Å². The van der Waals surface area contributed by atoms with Crippen LogP contribution in [0.25, 0.3) is 16.3 Å². The van der Waals surface area contributed by atoms with Crippen LogP contribution in [0.15, 0.2) is 41.7 Å². The fourth-order valence-electron chi connectivity index (χ4n) is 5.29. The lowest BCUT2D eigenvalue weighted by molar-refractivity contribution is 0.115. The SMILES string of the molecule is SC(Nc1cc2cc(C3=CN=CC3)ccc2cn1)C1CCC(N2CCCCC2)CC1. The zero-order valence-corrected chi connectivity index (χ0v) is 18.5. The van der Waals surface area contributed by atoms with Crippen LogP contribution in [0, 0.1) is 5.92 Å². The maximum atomic E-state index is 4.94. The Morgan fingerprint density at radius 3 is 2.60 bits per heavy atom. The third kappa shape index (κ3) is 4.42. The van der Waals surface area contributed by atoms with Crippen LogP contribution in [0.3, 0.4) is 0 Å². The maximum absolute atomic E-state index is 4.94. The second-order valence-electron chi connectivity index (χ2n) is 9.08. The Morgan fingerprint density at radius 1 is 1.00 bits per heavy atom. The molecule has 2 fully saturated rings. The lowest BCUT2D eigenvalue weighted by atomic mass is 9.84. The van der Waals surface area contributed by atoms with Crippen molar-refractivity contribution in [3.05, 3.63) is 42.2 Å². The van der Waals surface area contributed by atoms with E-state index in [-0.39, 0.29) is 5.37 Å². The molecule has 5 rings (SSSR count). The molecule has 158 valence electrons. The summed E-state index contributed by atoms with van der Waals surface area (Å²) in [5, 5.41) is 6.13. The molecule has 1 aromatic heterocycles. The number of nitrogens with one attached hydrogen (secondary N) is 1. The summed E-state index contributed by atoms with van der Waals surface area (Å²) in [6.45, 7) is 2.62. The highest BCUT2D eigenvalue weighted by atomic mass is 32.1. The van der Waals surface area contributed by atoms with Crippen LogP contribution >= 0.6 is 12.6 Å². The summed E-state index contributed by atoms with van der Waals surface area (Å²) in [4.78, 5) is 11.6. The van der Waals surface area contributed by atoms with Crippen molar-refractivity contribution in [2.45, 2.75) is 62.8 Å². The minimum atomic E-state index is 0.159. The first-order valence-electron chi connectivity index (χ1n) is 11.6. The van der Waals surface area contributed by atoms with Gasteiger partial charge in [-0.1, -0.05) is 18.6 Å². The van der Waals surface area contributed by atoms with Gasteiger partial charge in [0.2, 0.25) is 0 Å². The number of anilines is 1. The number of thiol groups is 1. The topological polar surface area (TPSA) is 40.5 Å². The number of likely N-dealkylation sites (tertiary alicyclic amines) is 1. The molecule has 0 radical (unpaired) electrons. The van der Waals surface area contributed by atoms with Gasteiger partial charge in [-0.25, -0.2) is 4.98 Å². The fourth-order valence-corrected chi connectivity index (χ4v) is 5.72. The minimum absolute atomic E-state index is 0.159. The molecule has 1 saturated carbocycles. The Labute approximate surface area is 185 Å². The summed E-state index contributed by atoms with van der Waals surface area (Å²) in [6.07, 6.45) is 16.1. The molecular weight excluding hydrogens is 388 g/mol. The van der Waals surface area contributed by atoms with Crippen molar-refractivity contribution in [2.24, 2.45) is 10.9 Å². The summed E-state index contributed by atoms with van der Waals surface area (Å²) in [7, 11) is 0. The number of aromatic nitrogens is 1. The number of fused-ring (bicyclic) bond motifs is 1. The Bertz CT molecular complexity index is 939. The van der Waals surface area contributed by atoms with E-state index in [0.29, 0.717) is 5.92 Å². The average molecular weight is 421 g/mol. The van der Waals surface area contributed by atoms with Crippen molar-refractivity contribution < 1.29 is 0 Å². The molecule has 1 saturated heterocycles. The molecule has 4 nitrogen and oxygen atoms in total. The molecule has 2 aliphatic heterocycles. The van der Waals surface area contributed by atoms with E-state index in [1.807, 2.05) is 18.6 Å². The number of aliphatic imine (C=N–C) groups is 1. The van der Waals surface area contributed by atoms with Gasteiger partial charge in [-0.3, -0.25) is 4.99 Å². The summed E-state index contributed by atoms with van der Waals surface area (Å²) in [5.74, 6) is 1.54. The Morgan fingerprint density at radius 2 is 1.83 bits per heavy atom. The van der Waals surface area contributed by atoms with Crippen LogP contribution in [0.5, 0.6) is 0 Å². The summed E-state index contributed by atoms with van der Waals surface area (Å²) >= 11 is 4.94. The smallest absolute Gasteiger partial charge is 0.127 e. The Balaban J connectivity index is 1.21. The third-order valence-electron chi connectivity index (χ3n) is 7.13. The van der Waals surface area contributed by atoms with Crippen molar-refractivity contribution in [1.29, 1.82) is 0 Å². The molecule has 1 N–H and O–H groups in total. The number of hydrogen-bond donors (Lipinski definition) is 2. The van der Waals surface area contributed by atoms with Crippen LogP contribution in [-0.4, -0.2) is 40.6 Å². The summed E-state index contributed by atoms with van der Waals surface area (Å²) in [5.41, 5.74) is 2.52. The molecule has 30 heavy (non-hydrogen) atoms. The van der Waals surface area contributed by atoms with Crippen molar-refractivity contribution in [3.63, 3.8) is 0 Å². The highest BCUT2D eigenvalue weighted by Crippen LogP contribution is 2.33. The highest BCUT2D eigenvalue weighted by molar-refractivity contribution is 7.81. The van der Waals surface area contributed by atoms with E-state index in [4.69, 9.17) is 12.6 Å². The third-order valence-corrected chi connectivity index (χ3v) is 7.68. The molecule has 0 spiro atoms. The molecule has 1 aromatic carbocycles. The van der Waals surface area contributed by atoms with Gasteiger partial charge in [-0.15, -0.1) is 0 Å².